The molecule has 1 N–H and O–H groups in total. The van der Waals surface area contributed by atoms with Gasteiger partial charge in [-0.2, -0.15) is 5.10 Å². The first-order valence-electron chi connectivity index (χ1n) is 10.8. The second-order valence-corrected chi connectivity index (χ2v) is 8.44. The molecule has 0 spiro atoms. The maximum Gasteiger partial charge on any atom is 0.194 e. The SMILES string of the molecule is COc1ccc2c(c1)CC[C@H]1CN(C(=S)Nc3ccc(OCc4ccccc4)cc3)N=C21. The smallest absolute Gasteiger partial charge is 0.194 e. The summed E-state index contributed by atoms with van der Waals surface area (Å²) in [5, 5.41) is 10.7. The van der Waals surface area contributed by atoms with Crippen molar-refractivity contribution in [2.24, 2.45) is 11.0 Å². The number of hydrogen-bond acceptors (Lipinski definition) is 4. The Hall–Kier alpha value is -3.38. The van der Waals surface area contributed by atoms with Crippen LogP contribution in [0.15, 0.2) is 77.9 Å². The van der Waals surface area contributed by atoms with Crippen LogP contribution in [-0.4, -0.2) is 29.5 Å². The van der Waals surface area contributed by atoms with Crippen LogP contribution in [0.1, 0.15) is 23.1 Å². The highest BCUT2D eigenvalue weighted by Crippen LogP contribution is 2.33. The fourth-order valence-electron chi connectivity index (χ4n) is 4.22. The number of hydrogen-bond donors (Lipinski definition) is 1. The molecule has 1 atom stereocenters. The Labute approximate surface area is 193 Å². The van der Waals surface area contributed by atoms with Crippen LogP contribution in [0.2, 0.25) is 0 Å². The normalized spacial score (nSPS) is 16.6. The number of nitrogens with one attached hydrogen (secondary N) is 1. The molecule has 3 aromatic carbocycles. The molecular formula is C26H25N3O2S. The van der Waals surface area contributed by atoms with Crippen LogP contribution in [0.5, 0.6) is 11.5 Å². The van der Waals surface area contributed by atoms with Crippen molar-refractivity contribution in [2.75, 3.05) is 19.0 Å². The number of rotatable bonds is 5. The number of thiocarbonyl (C=S) groups is 1. The van der Waals surface area contributed by atoms with Gasteiger partial charge in [-0.05, 0) is 78.7 Å². The van der Waals surface area contributed by atoms with Crippen LogP contribution in [0.3, 0.4) is 0 Å². The largest absolute Gasteiger partial charge is 0.497 e. The van der Waals surface area contributed by atoms with Crippen LogP contribution >= 0.6 is 12.2 Å². The Balaban J connectivity index is 1.22. The number of hydrazone groups is 1. The predicted octanol–water partition coefficient (Wildman–Crippen LogP) is 5.25. The molecule has 0 aromatic heterocycles. The summed E-state index contributed by atoms with van der Waals surface area (Å²) in [5.41, 5.74) is 5.70. The van der Waals surface area contributed by atoms with Crippen LogP contribution < -0.4 is 14.8 Å². The van der Waals surface area contributed by atoms with Gasteiger partial charge in [0.1, 0.15) is 18.1 Å². The minimum Gasteiger partial charge on any atom is -0.497 e. The zero-order valence-corrected chi connectivity index (χ0v) is 18.8. The first kappa shape index (κ1) is 20.5. The summed E-state index contributed by atoms with van der Waals surface area (Å²) in [6.45, 7) is 1.36. The van der Waals surface area contributed by atoms with Gasteiger partial charge in [-0.3, -0.25) is 0 Å². The summed E-state index contributed by atoms with van der Waals surface area (Å²) in [5.74, 6) is 2.13. The van der Waals surface area contributed by atoms with E-state index in [2.05, 4.69) is 29.6 Å². The minimum atomic E-state index is 0.407. The molecule has 0 fully saturated rings. The van der Waals surface area contributed by atoms with Crippen LogP contribution in [-0.2, 0) is 13.0 Å². The van der Waals surface area contributed by atoms with Crippen molar-refractivity contribution in [1.29, 1.82) is 0 Å². The van der Waals surface area contributed by atoms with E-state index in [1.807, 2.05) is 53.5 Å². The zero-order chi connectivity index (χ0) is 21.9. The number of ether oxygens (including phenoxy) is 2. The van der Waals surface area contributed by atoms with Gasteiger partial charge in [-0.15, -0.1) is 0 Å². The van der Waals surface area contributed by atoms with E-state index >= 15 is 0 Å². The highest BCUT2D eigenvalue weighted by atomic mass is 32.1. The summed E-state index contributed by atoms with van der Waals surface area (Å²) >= 11 is 5.66. The fourth-order valence-corrected chi connectivity index (χ4v) is 4.46. The first-order chi connectivity index (χ1) is 15.7. The second-order valence-electron chi connectivity index (χ2n) is 8.05. The molecule has 32 heavy (non-hydrogen) atoms. The molecule has 0 radical (unpaired) electrons. The number of nitrogens with zero attached hydrogens (tertiary/aromatic N) is 2. The van der Waals surface area contributed by atoms with Crippen molar-refractivity contribution < 1.29 is 9.47 Å². The monoisotopic (exact) mass is 443 g/mol. The molecule has 0 unspecified atom stereocenters. The molecule has 162 valence electrons. The van der Waals surface area contributed by atoms with Gasteiger partial charge in [-0.25, -0.2) is 5.01 Å². The number of anilines is 1. The van der Waals surface area contributed by atoms with Gasteiger partial charge in [0, 0.05) is 17.2 Å². The number of methoxy groups -OCH3 is 1. The number of aryl methyl sites for hydroxylation is 1. The van der Waals surface area contributed by atoms with E-state index in [9.17, 15) is 0 Å². The Morgan fingerprint density at radius 3 is 2.62 bits per heavy atom. The molecule has 0 bridgehead atoms. The topological polar surface area (TPSA) is 46.1 Å². The average molecular weight is 444 g/mol. The molecule has 1 heterocycles. The van der Waals surface area contributed by atoms with E-state index in [0.29, 0.717) is 17.6 Å². The lowest BCUT2D eigenvalue weighted by molar-refractivity contribution is 0.306. The van der Waals surface area contributed by atoms with Crippen molar-refractivity contribution in [2.45, 2.75) is 19.4 Å². The quantitative estimate of drug-likeness (QED) is 0.546. The van der Waals surface area contributed by atoms with Gasteiger partial charge in [0.05, 0.1) is 19.4 Å². The Kier molecular flexibility index (Phi) is 5.77. The van der Waals surface area contributed by atoms with Crippen LogP contribution in [0, 0.1) is 5.92 Å². The molecule has 2 aliphatic rings. The van der Waals surface area contributed by atoms with Crippen molar-refractivity contribution in [3.05, 3.63) is 89.5 Å². The minimum absolute atomic E-state index is 0.407. The summed E-state index contributed by atoms with van der Waals surface area (Å²) in [7, 11) is 1.70. The van der Waals surface area contributed by atoms with E-state index < -0.39 is 0 Å². The van der Waals surface area contributed by atoms with E-state index in [1.54, 1.807) is 7.11 Å². The maximum absolute atomic E-state index is 5.86. The molecule has 0 saturated heterocycles. The van der Waals surface area contributed by atoms with Gasteiger partial charge in [-0.1, -0.05) is 30.3 Å². The molecule has 3 aromatic rings. The number of fused-ring (bicyclic) bond motifs is 3. The van der Waals surface area contributed by atoms with Crippen molar-refractivity contribution in [3.8, 4) is 11.5 Å². The van der Waals surface area contributed by atoms with Gasteiger partial charge in [0.2, 0.25) is 0 Å². The first-order valence-corrected chi connectivity index (χ1v) is 11.2. The molecule has 6 heteroatoms. The third kappa shape index (κ3) is 4.32. The van der Waals surface area contributed by atoms with Crippen molar-refractivity contribution >= 4 is 28.7 Å². The van der Waals surface area contributed by atoms with Crippen molar-refractivity contribution in [3.63, 3.8) is 0 Å². The van der Waals surface area contributed by atoms with E-state index in [1.165, 1.54) is 11.1 Å². The molecule has 1 aliphatic heterocycles. The van der Waals surface area contributed by atoms with Gasteiger partial charge >= 0.3 is 0 Å². The van der Waals surface area contributed by atoms with Gasteiger partial charge < -0.3 is 14.8 Å². The Morgan fingerprint density at radius 1 is 1.06 bits per heavy atom. The van der Waals surface area contributed by atoms with Gasteiger partial charge in [0.15, 0.2) is 5.11 Å². The van der Waals surface area contributed by atoms with Gasteiger partial charge in [0.25, 0.3) is 0 Å². The highest BCUT2D eigenvalue weighted by molar-refractivity contribution is 7.80. The average Bonchev–Trinajstić information content (AvgIpc) is 3.29. The fraction of sp³-hybridized carbons (Fsp3) is 0.231. The summed E-state index contributed by atoms with van der Waals surface area (Å²) < 4.78 is 11.2. The van der Waals surface area contributed by atoms with Crippen LogP contribution in [0.4, 0.5) is 5.69 Å². The lowest BCUT2D eigenvalue weighted by atomic mass is 9.82. The zero-order valence-electron chi connectivity index (χ0n) is 18.0. The molecule has 1 aliphatic carbocycles. The van der Waals surface area contributed by atoms with E-state index in [4.69, 9.17) is 26.8 Å². The number of benzene rings is 3. The Bertz CT molecular complexity index is 1150. The molecular weight excluding hydrogens is 418 g/mol. The van der Waals surface area contributed by atoms with Crippen molar-refractivity contribution in [1.82, 2.24) is 5.01 Å². The lowest BCUT2D eigenvalue weighted by Gasteiger charge is -2.22. The molecule has 5 nitrogen and oxygen atoms in total. The summed E-state index contributed by atoms with van der Waals surface area (Å²) in [6.07, 6.45) is 2.11. The Morgan fingerprint density at radius 2 is 1.84 bits per heavy atom. The maximum atomic E-state index is 5.86. The molecule has 0 amide bonds. The molecule has 0 saturated carbocycles. The predicted molar refractivity (Wildman–Crippen MR) is 131 cm³/mol. The third-order valence-electron chi connectivity index (χ3n) is 5.95. The standard InChI is InChI=1S/C26H25N3O2S/c1-30-23-13-14-24-19(15-23)7-8-20-16-29(28-25(20)24)26(32)27-21-9-11-22(12-10-21)31-17-18-5-3-2-4-6-18/h2-6,9-15,20H,7-8,16-17H2,1H3,(H,27,32)/t20-/m0/s1. The summed E-state index contributed by atoms with van der Waals surface area (Å²) in [6, 6.07) is 24.2. The van der Waals surface area contributed by atoms with E-state index in [0.717, 1.165) is 47.8 Å². The second kappa shape index (κ2) is 9.01. The molecule has 5 rings (SSSR count). The van der Waals surface area contributed by atoms with E-state index in [-0.39, 0.29) is 0 Å². The lowest BCUT2D eigenvalue weighted by Crippen LogP contribution is -2.31. The highest BCUT2D eigenvalue weighted by Gasteiger charge is 2.33. The van der Waals surface area contributed by atoms with Crippen LogP contribution in [0.25, 0.3) is 0 Å². The summed E-state index contributed by atoms with van der Waals surface area (Å²) in [4.78, 5) is 0. The third-order valence-corrected chi connectivity index (χ3v) is 6.26.